The molecule has 0 amide bonds. The number of rotatable bonds is 2. The molecule has 2 N–H and O–H groups in total. The van der Waals surface area contributed by atoms with Gasteiger partial charge >= 0.3 is 0 Å². The number of nitrogen functional groups attached to an aromatic ring is 1. The van der Waals surface area contributed by atoms with Crippen LogP contribution in [-0.2, 0) is 0 Å². The molecule has 6 heteroatoms. The molecule has 1 aromatic heterocycles. The predicted molar refractivity (Wildman–Crippen MR) is 64.7 cm³/mol. The van der Waals surface area contributed by atoms with Gasteiger partial charge in [0.2, 0.25) is 0 Å². The number of hydrogen-bond donors (Lipinski definition) is 1. The summed E-state index contributed by atoms with van der Waals surface area (Å²) in [7, 11) is 0. The molecule has 0 atom stereocenters. The van der Waals surface area contributed by atoms with Gasteiger partial charge in [0, 0.05) is 23.0 Å². The maximum atomic E-state index is 13.1. The van der Waals surface area contributed by atoms with Gasteiger partial charge in [-0.3, -0.25) is 4.98 Å². The molecule has 0 aliphatic rings. The summed E-state index contributed by atoms with van der Waals surface area (Å²) in [5, 5.41) is 0.715. The summed E-state index contributed by atoms with van der Waals surface area (Å²) >= 11 is 4.46. The van der Waals surface area contributed by atoms with Gasteiger partial charge < -0.3 is 5.73 Å². The Hall–Kier alpha value is -1.14. The van der Waals surface area contributed by atoms with E-state index in [0.29, 0.717) is 15.2 Å². The van der Waals surface area contributed by atoms with E-state index in [1.54, 1.807) is 24.7 Å². The van der Waals surface area contributed by atoms with Crippen LogP contribution in [0.1, 0.15) is 0 Å². The van der Waals surface area contributed by atoms with E-state index in [-0.39, 0.29) is 5.82 Å². The Balaban J connectivity index is 2.32. The van der Waals surface area contributed by atoms with Gasteiger partial charge in [0.05, 0.1) is 10.7 Å². The van der Waals surface area contributed by atoms with E-state index in [0.717, 1.165) is 4.90 Å². The van der Waals surface area contributed by atoms with Crippen molar-refractivity contribution in [3.05, 3.63) is 41.0 Å². The first-order valence-corrected chi connectivity index (χ1v) is 5.96. The molecular formula is C10H7BrFN3S. The summed E-state index contributed by atoms with van der Waals surface area (Å²) < 4.78 is 13.5. The minimum Gasteiger partial charge on any atom is -0.398 e. The van der Waals surface area contributed by atoms with Gasteiger partial charge in [-0.05, 0) is 28.1 Å². The zero-order chi connectivity index (χ0) is 11.5. The quantitative estimate of drug-likeness (QED) is 0.866. The molecule has 82 valence electrons. The van der Waals surface area contributed by atoms with Crippen LogP contribution in [0, 0.1) is 5.82 Å². The average Bonchev–Trinajstić information content (AvgIpc) is 2.27. The van der Waals surface area contributed by atoms with E-state index in [2.05, 4.69) is 25.9 Å². The summed E-state index contributed by atoms with van der Waals surface area (Å²) in [4.78, 5) is 8.79. The lowest BCUT2D eigenvalue weighted by Gasteiger charge is -2.05. The summed E-state index contributed by atoms with van der Waals surface area (Å²) in [6.45, 7) is 0. The van der Waals surface area contributed by atoms with Gasteiger partial charge in [0.15, 0.2) is 0 Å². The van der Waals surface area contributed by atoms with Crippen molar-refractivity contribution >= 4 is 33.4 Å². The van der Waals surface area contributed by atoms with Crippen molar-refractivity contribution in [1.29, 1.82) is 0 Å². The second-order valence-electron chi connectivity index (χ2n) is 2.95. The van der Waals surface area contributed by atoms with Crippen molar-refractivity contribution in [3.63, 3.8) is 0 Å². The molecule has 3 nitrogen and oxygen atoms in total. The lowest BCUT2D eigenvalue weighted by atomic mass is 10.3. The van der Waals surface area contributed by atoms with Crippen molar-refractivity contribution in [3.8, 4) is 0 Å². The molecule has 1 aromatic carbocycles. The van der Waals surface area contributed by atoms with Gasteiger partial charge in [-0.2, -0.15) is 0 Å². The maximum absolute atomic E-state index is 13.1. The number of anilines is 1. The largest absolute Gasteiger partial charge is 0.398 e. The van der Waals surface area contributed by atoms with Gasteiger partial charge in [0.25, 0.3) is 0 Å². The molecule has 0 unspecified atom stereocenters. The third-order valence-corrected chi connectivity index (χ3v) is 3.41. The minimum absolute atomic E-state index is 0.374. The predicted octanol–water partition coefficient (Wildman–Crippen LogP) is 3.11. The van der Waals surface area contributed by atoms with Crippen molar-refractivity contribution in [2.75, 3.05) is 5.73 Å². The average molecular weight is 300 g/mol. The van der Waals surface area contributed by atoms with Gasteiger partial charge in [-0.25, -0.2) is 9.37 Å². The smallest absolute Gasteiger partial charge is 0.139 e. The van der Waals surface area contributed by atoms with Crippen LogP contribution in [0.2, 0.25) is 0 Å². The second kappa shape index (κ2) is 4.80. The monoisotopic (exact) mass is 299 g/mol. The standard InChI is InChI=1S/C10H7BrFN3S/c11-6-3-9(8(13)4-7(6)12)16-10-5-14-1-2-15-10/h1-5H,13H2. The Morgan fingerprint density at radius 2 is 2.12 bits per heavy atom. The van der Waals surface area contributed by atoms with Crippen LogP contribution in [0.3, 0.4) is 0 Å². The molecule has 0 saturated heterocycles. The highest BCUT2D eigenvalue weighted by Crippen LogP contribution is 2.33. The molecular weight excluding hydrogens is 293 g/mol. The molecule has 0 radical (unpaired) electrons. The molecule has 1 heterocycles. The van der Waals surface area contributed by atoms with E-state index in [4.69, 9.17) is 5.73 Å². The van der Waals surface area contributed by atoms with Crippen molar-refractivity contribution in [2.45, 2.75) is 9.92 Å². The second-order valence-corrected chi connectivity index (χ2v) is 4.87. The first kappa shape index (κ1) is 11.3. The van der Waals surface area contributed by atoms with E-state index in [1.807, 2.05) is 0 Å². The van der Waals surface area contributed by atoms with Crippen molar-refractivity contribution < 1.29 is 4.39 Å². The number of aromatic nitrogens is 2. The highest BCUT2D eigenvalue weighted by atomic mass is 79.9. The maximum Gasteiger partial charge on any atom is 0.139 e. The molecule has 0 fully saturated rings. The summed E-state index contributed by atoms with van der Waals surface area (Å²) in [5.41, 5.74) is 6.09. The number of hydrogen-bond acceptors (Lipinski definition) is 4. The number of benzene rings is 1. The first-order chi connectivity index (χ1) is 7.66. The normalized spacial score (nSPS) is 10.4. The molecule has 0 spiro atoms. The number of nitrogens with zero attached hydrogens (tertiary/aromatic N) is 2. The van der Waals surface area contributed by atoms with Crippen LogP contribution in [0.5, 0.6) is 0 Å². The van der Waals surface area contributed by atoms with Crippen LogP contribution >= 0.6 is 27.7 Å². The minimum atomic E-state index is -0.374. The van der Waals surface area contributed by atoms with Gasteiger partial charge in [-0.15, -0.1) is 0 Å². The van der Waals surface area contributed by atoms with Crippen LogP contribution in [0.15, 0.2) is 45.1 Å². The van der Waals surface area contributed by atoms with E-state index in [9.17, 15) is 4.39 Å². The topological polar surface area (TPSA) is 51.8 Å². The van der Waals surface area contributed by atoms with E-state index >= 15 is 0 Å². The first-order valence-electron chi connectivity index (χ1n) is 4.35. The molecule has 2 rings (SSSR count). The fraction of sp³-hybridized carbons (Fsp3) is 0. The van der Waals surface area contributed by atoms with Crippen LogP contribution < -0.4 is 5.73 Å². The molecule has 0 aliphatic carbocycles. The van der Waals surface area contributed by atoms with E-state index < -0.39 is 0 Å². The molecule has 0 aliphatic heterocycles. The van der Waals surface area contributed by atoms with Crippen LogP contribution in [-0.4, -0.2) is 9.97 Å². The molecule has 16 heavy (non-hydrogen) atoms. The zero-order valence-electron chi connectivity index (χ0n) is 8.02. The summed E-state index contributed by atoms with van der Waals surface area (Å²) in [6, 6.07) is 2.91. The van der Waals surface area contributed by atoms with Gasteiger partial charge in [0.1, 0.15) is 10.8 Å². The third-order valence-electron chi connectivity index (χ3n) is 1.81. The number of nitrogens with two attached hydrogens (primary N) is 1. The van der Waals surface area contributed by atoms with Crippen LogP contribution in [0.25, 0.3) is 0 Å². The third kappa shape index (κ3) is 2.51. The van der Waals surface area contributed by atoms with Crippen molar-refractivity contribution in [2.24, 2.45) is 0 Å². The lowest BCUT2D eigenvalue weighted by molar-refractivity contribution is 0.620. The SMILES string of the molecule is Nc1cc(F)c(Br)cc1Sc1cnccn1. The van der Waals surface area contributed by atoms with Crippen LogP contribution in [0.4, 0.5) is 10.1 Å². The Labute approximate surface area is 104 Å². The Morgan fingerprint density at radius 1 is 1.31 bits per heavy atom. The van der Waals surface area contributed by atoms with Crippen molar-refractivity contribution in [1.82, 2.24) is 9.97 Å². The van der Waals surface area contributed by atoms with Gasteiger partial charge in [-0.1, -0.05) is 11.8 Å². The fourth-order valence-corrected chi connectivity index (χ4v) is 2.38. The summed E-state index contributed by atoms with van der Waals surface area (Å²) in [5.74, 6) is -0.374. The highest BCUT2D eigenvalue weighted by molar-refractivity contribution is 9.10. The Morgan fingerprint density at radius 3 is 2.81 bits per heavy atom. The molecule has 0 bridgehead atoms. The zero-order valence-corrected chi connectivity index (χ0v) is 10.4. The number of halogens is 2. The Kier molecular flexibility index (Phi) is 3.40. The molecule has 0 saturated carbocycles. The molecule has 2 aromatic rings. The fourth-order valence-electron chi connectivity index (χ4n) is 1.08. The Bertz CT molecular complexity index is 507. The van der Waals surface area contributed by atoms with E-state index in [1.165, 1.54) is 17.8 Å². The highest BCUT2D eigenvalue weighted by Gasteiger charge is 2.08. The lowest BCUT2D eigenvalue weighted by Crippen LogP contribution is -1.91. The summed E-state index contributed by atoms with van der Waals surface area (Å²) in [6.07, 6.45) is 4.81.